The Morgan fingerprint density at radius 1 is 0.500 bits per heavy atom. The van der Waals surface area contributed by atoms with Crippen LogP contribution in [0, 0.1) is 0 Å². The fraction of sp³-hybridized carbons (Fsp3) is 0.0667. The molecule has 0 saturated heterocycles. The molecule has 3 nitrogen and oxygen atoms in total. The van der Waals surface area contributed by atoms with Crippen LogP contribution in [0.4, 0.5) is 0 Å². The molecule has 0 radical (unpaired) electrons. The number of hydrogen-bond donors (Lipinski definition) is 0. The zero-order valence-electron chi connectivity index (χ0n) is 21.9. The van der Waals surface area contributed by atoms with Gasteiger partial charge >= 0.3 is 49.6 Å². The molecule has 4 aromatic carbocycles. The van der Waals surface area contributed by atoms with Gasteiger partial charge in [-0.2, -0.15) is 0 Å². The Hall–Kier alpha value is -1.68. The first-order valence-electron chi connectivity index (χ1n) is 11.8. The largest absolute Gasteiger partial charge is 0.262 e. The summed E-state index contributed by atoms with van der Waals surface area (Å²) in [6.07, 6.45) is 9.83. The summed E-state index contributed by atoms with van der Waals surface area (Å²) < 4.78 is 9.56. The fourth-order valence-corrected chi connectivity index (χ4v) is 8.02. The number of benzene rings is 4. The minimum Gasteiger partial charge on any atom is -0.262 e. The third kappa shape index (κ3) is 12.5. The van der Waals surface area contributed by atoms with Crippen LogP contribution in [0.3, 0.4) is 0 Å². The molecule has 1 aromatic heterocycles. The molecule has 5 rings (SSSR count). The third-order valence-electron chi connectivity index (χ3n) is 5.05. The first-order valence-corrected chi connectivity index (χ1v) is 24.5. The summed E-state index contributed by atoms with van der Waals surface area (Å²) in [4.78, 5) is 7.44. The molecule has 0 amide bonds. The standard InChI is InChI=1S/C24H20P.C4H4N2.C2H6OS.4ClH.Ru/c1-5-13-21(14-6-1)25(22-15-7-2-8-16-22,23-17-9-3-10-18-23)24-19-11-4-12-20-24;1-2-6-4-3-5-1;1-4(2)3;;;;;/h1-20H;1-4H;1-2H3;4*1H;/q+1;;;;;;;+3/p-4. The van der Waals surface area contributed by atoms with Crippen LogP contribution in [0.25, 0.3) is 0 Å². The van der Waals surface area contributed by atoms with Gasteiger partial charge in [0.15, 0.2) is 0 Å². The van der Waals surface area contributed by atoms with Crippen LogP contribution in [-0.2, 0) is 21.6 Å². The Morgan fingerprint density at radius 2 is 0.675 bits per heavy atom. The Labute approximate surface area is 259 Å². The van der Waals surface area contributed by atoms with Gasteiger partial charge in [-0.15, -0.1) is 0 Å². The molecular formula is C30H30Cl4N2OPRuS. The third-order valence-corrected chi connectivity index (χ3v) is 9.34. The van der Waals surface area contributed by atoms with Crippen LogP contribution in [-0.4, -0.2) is 26.7 Å². The second kappa shape index (κ2) is 18.7. The maximum absolute atomic E-state index is 9.56. The molecule has 213 valence electrons. The molecule has 0 atom stereocenters. The van der Waals surface area contributed by atoms with Gasteiger partial charge in [-0.25, -0.2) is 0 Å². The molecule has 1 heterocycles. The van der Waals surface area contributed by atoms with Crippen molar-refractivity contribution in [3.8, 4) is 0 Å². The van der Waals surface area contributed by atoms with E-state index in [0.717, 1.165) is 0 Å². The maximum atomic E-state index is 9.56. The molecule has 0 spiro atoms. The average Bonchev–Trinajstić information content (AvgIpc) is 2.96. The van der Waals surface area contributed by atoms with E-state index in [9.17, 15) is 4.21 Å². The monoisotopic (exact) mass is 739 g/mol. The first-order chi connectivity index (χ1) is 19.2. The Kier molecular flexibility index (Phi) is 16.1. The van der Waals surface area contributed by atoms with E-state index in [2.05, 4.69) is 131 Å². The van der Waals surface area contributed by atoms with Gasteiger partial charge in [0, 0.05) is 48.1 Å². The molecule has 40 heavy (non-hydrogen) atoms. The summed E-state index contributed by atoms with van der Waals surface area (Å²) in [6.45, 7) is 0. The smallest absolute Gasteiger partial charge is 0.144 e. The second-order valence-corrected chi connectivity index (χ2v) is 28.7. The zero-order chi connectivity index (χ0) is 29.3. The van der Waals surface area contributed by atoms with Crippen molar-refractivity contribution >= 4 is 78.0 Å². The van der Waals surface area contributed by atoms with E-state index in [-0.39, 0.29) is 0 Å². The number of nitrogens with zero attached hydrogens (tertiary/aromatic N) is 2. The molecule has 0 aliphatic heterocycles. The van der Waals surface area contributed by atoms with Crippen molar-refractivity contribution in [3.05, 3.63) is 146 Å². The molecule has 0 aliphatic carbocycles. The summed E-state index contributed by atoms with van der Waals surface area (Å²) >= 11 is 0. The number of halogens is 4. The van der Waals surface area contributed by atoms with E-state index < -0.39 is 28.9 Å². The van der Waals surface area contributed by atoms with Gasteiger partial charge in [-0.1, -0.05) is 72.8 Å². The van der Waals surface area contributed by atoms with Gasteiger partial charge in [-0.3, -0.25) is 14.2 Å². The summed E-state index contributed by atoms with van der Waals surface area (Å²) in [7, 11) is 14.5. The first kappa shape index (κ1) is 34.5. The van der Waals surface area contributed by atoms with E-state index in [1.807, 2.05) is 0 Å². The van der Waals surface area contributed by atoms with E-state index in [1.54, 1.807) is 37.3 Å². The van der Waals surface area contributed by atoms with Crippen molar-refractivity contribution in [2.75, 3.05) is 12.5 Å². The van der Waals surface area contributed by atoms with Crippen LogP contribution < -0.4 is 21.2 Å². The predicted molar refractivity (Wildman–Crippen MR) is 177 cm³/mol. The Bertz CT molecular complexity index is 1170. The van der Waals surface area contributed by atoms with Crippen molar-refractivity contribution in [1.82, 2.24) is 9.97 Å². The van der Waals surface area contributed by atoms with Crippen molar-refractivity contribution in [2.24, 2.45) is 0 Å². The van der Waals surface area contributed by atoms with Crippen LogP contribution in [0.5, 0.6) is 0 Å². The van der Waals surface area contributed by atoms with Gasteiger partial charge in [-0.05, 0) is 48.5 Å². The summed E-state index contributed by atoms with van der Waals surface area (Å²) in [5, 5.41) is 5.55. The van der Waals surface area contributed by atoms with Crippen LogP contribution in [0.1, 0.15) is 0 Å². The molecule has 0 fully saturated rings. The fourth-order valence-electron chi connectivity index (χ4n) is 3.75. The normalized spacial score (nSPS) is 11.0. The van der Waals surface area contributed by atoms with Gasteiger partial charge in [0.25, 0.3) is 0 Å². The second-order valence-electron chi connectivity index (χ2n) is 7.95. The minimum absolute atomic E-state index is 0.611. The molecule has 10 heteroatoms. The summed E-state index contributed by atoms with van der Waals surface area (Å²) in [6, 6.07) is 43.8. The predicted octanol–water partition coefficient (Wildman–Crippen LogP) is 7.53. The van der Waals surface area contributed by atoms with Crippen molar-refractivity contribution in [1.29, 1.82) is 0 Å². The molecule has 0 aliphatic rings. The molecule has 0 unspecified atom stereocenters. The minimum atomic E-state index is -2.97. The summed E-state index contributed by atoms with van der Waals surface area (Å²) in [5.41, 5.74) is 0. The summed E-state index contributed by atoms with van der Waals surface area (Å²) in [5.74, 6) is 0. The zero-order valence-corrected chi connectivity index (χ0v) is 28.4. The number of aromatic nitrogens is 2. The Balaban J connectivity index is 0.000000306. The van der Waals surface area contributed by atoms with E-state index in [0.29, 0.717) is 0 Å². The number of rotatable bonds is 4. The molecule has 0 N–H and O–H groups in total. The quantitative estimate of drug-likeness (QED) is 0.142. The average molecular weight is 741 g/mol. The van der Waals surface area contributed by atoms with Crippen LogP contribution >= 0.6 is 46.0 Å². The van der Waals surface area contributed by atoms with Gasteiger partial charge in [0.1, 0.15) is 28.5 Å². The number of hydrogen-bond acceptors (Lipinski definition) is 3. The van der Waals surface area contributed by atoms with E-state index in [4.69, 9.17) is 38.8 Å². The SMILES string of the molecule is CS(C)=O.[Cl][Ru-]([Cl])([Cl])[Cl].c1ccc([P+](c2ccccc2)(c2ccccc2)c2ccccc2)cc1.c1cnccn1. The molecule has 0 saturated carbocycles. The van der Waals surface area contributed by atoms with E-state index in [1.165, 1.54) is 21.2 Å². The Morgan fingerprint density at radius 3 is 0.825 bits per heavy atom. The van der Waals surface area contributed by atoms with E-state index >= 15 is 0 Å². The van der Waals surface area contributed by atoms with Crippen LogP contribution in [0.15, 0.2) is 146 Å². The maximum Gasteiger partial charge on any atom is 0.144 e. The van der Waals surface area contributed by atoms with Gasteiger partial charge in [0.05, 0.1) is 0 Å². The topological polar surface area (TPSA) is 42.9 Å². The molecular weight excluding hydrogens is 710 g/mol. The van der Waals surface area contributed by atoms with Crippen LogP contribution in [0.2, 0.25) is 0 Å². The van der Waals surface area contributed by atoms with Crippen molar-refractivity contribution < 1.29 is 15.0 Å². The molecule has 0 bridgehead atoms. The molecule has 5 aromatic rings. The van der Waals surface area contributed by atoms with Crippen molar-refractivity contribution in [3.63, 3.8) is 0 Å². The van der Waals surface area contributed by atoms with Crippen molar-refractivity contribution in [2.45, 2.75) is 0 Å². The van der Waals surface area contributed by atoms with Gasteiger partial charge < -0.3 is 0 Å². The van der Waals surface area contributed by atoms with Gasteiger partial charge in [0.2, 0.25) is 0 Å².